The molecule has 1 nitrogen and oxygen atoms in total. The molecule has 0 radical (unpaired) electrons. The third-order valence-electron chi connectivity index (χ3n) is 2.81. The van der Waals surface area contributed by atoms with Crippen molar-refractivity contribution in [3.05, 3.63) is 56.7 Å². The first-order chi connectivity index (χ1) is 8.28. The number of nitrogens with one attached hydrogen (secondary N) is 1. The maximum absolute atomic E-state index is 3.52. The van der Waals surface area contributed by atoms with E-state index in [0.29, 0.717) is 6.04 Å². The van der Waals surface area contributed by atoms with Gasteiger partial charge in [0.05, 0.1) is 0 Å². The van der Waals surface area contributed by atoms with Crippen LogP contribution in [0.2, 0.25) is 0 Å². The number of likely N-dealkylation sites (N-methyl/N-ethyl adjacent to an activating group) is 1. The van der Waals surface area contributed by atoms with E-state index in [1.807, 2.05) is 18.4 Å². The average molecular weight is 310 g/mol. The Bertz CT molecular complexity index is 453. The van der Waals surface area contributed by atoms with Gasteiger partial charge in [-0.3, -0.25) is 0 Å². The summed E-state index contributed by atoms with van der Waals surface area (Å²) in [6.45, 7) is 0. The van der Waals surface area contributed by atoms with Gasteiger partial charge in [-0.15, -0.1) is 11.3 Å². The predicted molar refractivity (Wildman–Crippen MR) is 78.7 cm³/mol. The third-order valence-corrected chi connectivity index (χ3v) is 4.20. The Morgan fingerprint density at radius 3 is 2.76 bits per heavy atom. The Morgan fingerprint density at radius 2 is 2.12 bits per heavy atom. The fraction of sp³-hybridized carbons (Fsp3) is 0.286. The van der Waals surface area contributed by atoms with E-state index in [0.717, 1.165) is 17.3 Å². The molecule has 1 heterocycles. The first-order valence-corrected chi connectivity index (χ1v) is 7.39. The smallest absolute Gasteiger partial charge is 0.0178 e. The molecule has 1 atom stereocenters. The van der Waals surface area contributed by atoms with Gasteiger partial charge < -0.3 is 5.32 Å². The lowest BCUT2D eigenvalue weighted by Crippen LogP contribution is -2.29. The Kier molecular flexibility index (Phi) is 4.77. The van der Waals surface area contributed by atoms with Gasteiger partial charge in [0.2, 0.25) is 0 Å². The van der Waals surface area contributed by atoms with Crippen LogP contribution >= 0.6 is 27.3 Å². The Labute approximate surface area is 115 Å². The van der Waals surface area contributed by atoms with E-state index in [1.165, 1.54) is 10.4 Å². The minimum Gasteiger partial charge on any atom is -0.316 e. The number of hydrogen-bond acceptors (Lipinski definition) is 2. The maximum atomic E-state index is 3.52. The summed E-state index contributed by atoms with van der Waals surface area (Å²) in [7, 11) is 2.04. The second-order valence-corrected chi connectivity index (χ2v) is 6.05. The van der Waals surface area contributed by atoms with Gasteiger partial charge in [-0.05, 0) is 49.0 Å². The first-order valence-electron chi connectivity index (χ1n) is 5.72. The highest BCUT2D eigenvalue weighted by atomic mass is 79.9. The van der Waals surface area contributed by atoms with Crippen molar-refractivity contribution in [3.8, 4) is 0 Å². The van der Waals surface area contributed by atoms with E-state index in [-0.39, 0.29) is 0 Å². The Hall–Kier alpha value is -0.640. The van der Waals surface area contributed by atoms with Gasteiger partial charge in [0.25, 0.3) is 0 Å². The minimum atomic E-state index is 0.503. The quantitative estimate of drug-likeness (QED) is 0.883. The lowest BCUT2D eigenvalue weighted by atomic mass is 10.0. The summed E-state index contributed by atoms with van der Waals surface area (Å²) >= 11 is 5.35. The van der Waals surface area contributed by atoms with Gasteiger partial charge in [0.1, 0.15) is 0 Å². The maximum Gasteiger partial charge on any atom is 0.0178 e. The molecule has 0 saturated heterocycles. The van der Waals surface area contributed by atoms with Crippen LogP contribution in [0.3, 0.4) is 0 Å². The monoisotopic (exact) mass is 309 g/mol. The molecule has 17 heavy (non-hydrogen) atoms. The van der Waals surface area contributed by atoms with E-state index in [4.69, 9.17) is 0 Å². The predicted octanol–water partition coefficient (Wildman–Crippen LogP) is 3.88. The number of halogens is 1. The molecule has 1 N–H and O–H groups in total. The number of rotatable bonds is 5. The zero-order valence-electron chi connectivity index (χ0n) is 9.82. The molecule has 90 valence electrons. The van der Waals surface area contributed by atoms with Crippen molar-refractivity contribution < 1.29 is 0 Å². The second kappa shape index (κ2) is 6.34. The van der Waals surface area contributed by atoms with Crippen LogP contribution in [0.5, 0.6) is 0 Å². The lowest BCUT2D eigenvalue weighted by Gasteiger charge is -2.15. The molecule has 3 heteroatoms. The van der Waals surface area contributed by atoms with Gasteiger partial charge >= 0.3 is 0 Å². The van der Waals surface area contributed by atoms with Crippen LogP contribution in [0.25, 0.3) is 0 Å². The molecule has 0 saturated carbocycles. The van der Waals surface area contributed by atoms with Crippen LogP contribution < -0.4 is 5.32 Å². The third kappa shape index (κ3) is 3.95. The topological polar surface area (TPSA) is 12.0 Å². The summed E-state index contributed by atoms with van der Waals surface area (Å²) < 4.78 is 1.15. The zero-order valence-corrected chi connectivity index (χ0v) is 12.2. The van der Waals surface area contributed by atoms with Crippen LogP contribution in [0.15, 0.2) is 46.3 Å². The van der Waals surface area contributed by atoms with Gasteiger partial charge in [0, 0.05) is 15.4 Å². The van der Waals surface area contributed by atoms with Gasteiger partial charge in [-0.2, -0.15) is 0 Å². The van der Waals surface area contributed by atoms with Crippen molar-refractivity contribution in [2.45, 2.75) is 18.9 Å². The highest BCUT2D eigenvalue weighted by molar-refractivity contribution is 9.10. The van der Waals surface area contributed by atoms with E-state index >= 15 is 0 Å². The van der Waals surface area contributed by atoms with Crippen molar-refractivity contribution >= 4 is 27.3 Å². The van der Waals surface area contributed by atoms with E-state index in [9.17, 15) is 0 Å². The summed E-state index contributed by atoms with van der Waals surface area (Å²) in [5, 5.41) is 5.54. The summed E-state index contributed by atoms with van der Waals surface area (Å²) in [5.74, 6) is 0. The van der Waals surface area contributed by atoms with Crippen LogP contribution in [0.4, 0.5) is 0 Å². The molecule has 0 bridgehead atoms. The van der Waals surface area contributed by atoms with Crippen LogP contribution in [-0.2, 0) is 12.8 Å². The van der Waals surface area contributed by atoms with Crippen molar-refractivity contribution in [1.82, 2.24) is 5.32 Å². The molecule has 0 spiro atoms. The van der Waals surface area contributed by atoms with Gasteiger partial charge in [0.15, 0.2) is 0 Å². The molecule has 2 aromatic rings. The fourth-order valence-electron chi connectivity index (χ4n) is 1.90. The van der Waals surface area contributed by atoms with Gasteiger partial charge in [-0.25, -0.2) is 0 Å². The average Bonchev–Trinajstić information content (AvgIpc) is 2.81. The number of hydrogen-bond donors (Lipinski definition) is 1. The standard InChI is InChI=1S/C14H16BrNS/c1-16-13(10-14-6-3-7-17-14)9-11-4-2-5-12(15)8-11/h2-8,13,16H,9-10H2,1H3. The Morgan fingerprint density at radius 1 is 1.24 bits per heavy atom. The molecular weight excluding hydrogens is 294 g/mol. The molecule has 0 aliphatic carbocycles. The molecule has 0 aliphatic rings. The minimum absolute atomic E-state index is 0.503. The van der Waals surface area contributed by atoms with E-state index in [1.54, 1.807) is 0 Å². The van der Waals surface area contributed by atoms with Crippen molar-refractivity contribution in [2.75, 3.05) is 7.05 Å². The van der Waals surface area contributed by atoms with Crippen LogP contribution in [0, 0.1) is 0 Å². The number of thiophene rings is 1. The van der Waals surface area contributed by atoms with E-state index in [2.05, 4.69) is 63.0 Å². The fourth-order valence-corrected chi connectivity index (χ4v) is 3.13. The highest BCUT2D eigenvalue weighted by Crippen LogP contribution is 2.16. The highest BCUT2D eigenvalue weighted by Gasteiger charge is 2.09. The summed E-state index contributed by atoms with van der Waals surface area (Å²) in [6, 6.07) is 13.4. The van der Waals surface area contributed by atoms with Crippen LogP contribution in [-0.4, -0.2) is 13.1 Å². The largest absolute Gasteiger partial charge is 0.316 e. The second-order valence-electron chi connectivity index (χ2n) is 4.10. The summed E-state index contributed by atoms with van der Waals surface area (Å²) in [6.07, 6.45) is 2.16. The molecule has 2 rings (SSSR count). The summed E-state index contributed by atoms with van der Waals surface area (Å²) in [4.78, 5) is 1.44. The molecule has 1 aromatic heterocycles. The molecular formula is C14H16BrNS. The Balaban J connectivity index is 2.00. The number of benzene rings is 1. The normalized spacial score (nSPS) is 12.6. The lowest BCUT2D eigenvalue weighted by molar-refractivity contribution is 0.560. The van der Waals surface area contributed by atoms with Crippen molar-refractivity contribution in [1.29, 1.82) is 0 Å². The summed E-state index contributed by atoms with van der Waals surface area (Å²) in [5.41, 5.74) is 1.37. The molecule has 0 amide bonds. The van der Waals surface area contributed by atoms with E-state index < -0.39 is 0 Å². The SMILES string of the molecule is CNC(Cc1cccc(Br)c1)Cc1cccs1. The molecule has 0 fully saturated rings. The van der Waals surface area contributed by atoms with Gasteiger partial charge in [-0.1, -0.05) is 34.1 Å². The zero-order chi connectivity index (χ0) is 12.1. The molecule has 1 aromatic carbocycles. The first kappa shape index (κ1) is 12.8. The van der Waals surface area contributed by atoms with Crippen molar-refractivity contribution in [3.63, 3.8) is 0 Å². The van der Waals surface area contributed by atoms with Crippen molar-refractivity contribution in [2.24, 2.45) is 0 Å². The molecule has 0 aliphatic heterocycles. The molecule has 1 unspecified atom stereocenters. The van der Waals surface area contributed by atoms with Crippen LogP contribution in [0.1, 0.15) is 10.4 Å².